The molecule has 23 heavy (non-hydrogen) atoms. The summed E-state index contributed by atoms with van der Waals surface area (Å²) in [5, 5.41) is 17.4. The minimum absolute atomic E-state index is 0.0301. The molecule has 0 radical (unpaired) electrons. The topological polar surface area (TPSA) is 85.2 Å². The molecule has 0 amide bonds. The van der Waals surface area contributed by atoms with Crippen molar-refractivity contribution < 1.29 is 28.3 Å². The molecule has 0 unspecified atom stereocenters. The lowest BCUT2D eigenvalue weighted by molar-refractivity contribution is 0.0779. The fraction of sp³-hybridized carbons (Fsp3) is 1.00. The third-order valence-electron chi connectivity index (χ3n) is 4.57. The van der Waals surface area contributed by atoms with Crippen LogP contribution in [-0.2, 0) is 18.3 Å². The molecule has 0 bridgehead atoms. The number of hydrogen-bond donors (Lipinski definition) is 2. The maximum absolute atomic E-state index is 13.2. The third-order valence-corrected chi connectivity index (χ3v) is 6.67. The molecule has 0 aromatic carbocycles. The van der Waals surface area contributed by atoms with Crippen molar-refractivity contribution in [2.24, 2.45) is 0 Å². The summed E-state index contributed by atoms with van der Waals surface area (Å²) in [4.78, 5) is 0. The van der Waals surface area contributed by atoms with Crippen molar-refractivity contribution in [3.63, 3.8) is 0 Å². The molecule has 0 aromatic heterocycles. The van der Waals surface area contributed by atoms with Gasteiger partial charge in [0.05, 0.1) is 18.4 Å². The van der Waals surface area contributed by atoms with Crippen molar-refractivity contribution in [1.29, 1.82) is 0 Å². The van der Waals surface area contributed by atoms with E-state index in [-0.39, 0.29) is 25.0 Å². The summed E-state index contributed by atoms with van der Waals surface area (Å²) in [6.45, 7) is 0.129. The first kappa shape index (κ1) is 19.4. The molecule has 0 aromatic rings. The van der Waals surface area contributed by atoms with Crippen molar-refractivity contribution >= 4 is 14.9 Å². The number of rotatable bonds is 9. The van der Waals surface area contributed by atoms with Crippen LogP contribution < -0.4 is 0 Å². The summed E-state index contributed by atoms with van der Waals surface area (Å²) in [7, 11) is -4.94. The zero-order valence-electron chi connectivity index (χ0n) is 13.9. The van der Waals surface area contributed by atoms with Gasteiger partial charge in [-0.2, -0.15) is 0 Å². The van der Waals surface area contributed by atoms with Crippen molar-refractivity contribution in [2.75, 3.05) is 12.8 Å². The van der Waals surface area contributed by atoms with Gasteiger partial charge in [-0.05, 0) is 32.1 Å². The van der Waals surface area contributed by atoms with Gasteiger partial charge in [0.1, 0.15) is 0 Å². The molecule has 6 nitrogen and oxygen atoms in total. The fourth-order valence-electron chi connectivity index (χ4n) is 3.37. The molecule has 8 heteroatoms. The Labute approximate surface area is 139 Å². The Morgan fingerprint density at radius 1 is 0.870 bits per heavy atom. The highest BCUT2D eigenvalue weighted by atomic mass is 31.2. The van der Waals surface area contributed by atoms with Gasteiger partial charge < -0.3 is 23.7 Å². The third kappa shape index (κ3) is 7.68. The Balaban J connectivity index is 1.86. The van der Waals surface area contributed by atoms with Crippen LogP contribution >= 0.6 is 7.60 Å². The first-order valence-electron chi connectivity index (χ1n) is 9.01. The van der Waals surface area contributed by atoms with E-state index in [9.17, 15) is 4.57 Å². The summed E-state index contributed by atoms with van der Waals surface area (Å²) < 4.78 is 29.7. The molecule has 0 heterocycles. The Morgan fingerprint density at radius 2 is 1.35 bits per heavy atom. The van der Waals surface area contributed by atoms with Crippen LogP contribution in [0, 0.1) is 0 Å². The predicted molar refractivity (Wildman–Crippen MR) is 89.2 cm³/mol. The standard InChI is InChI=1S/C15H30BO6P/c17-16(18)20-12-7-13-23(19,21-14-8-3-1-4-9-14)22-15-10-5-2-6-11-15/h14-15,17-18H,1-13H2. The average Bonchev–Trinajstić information content (AvgIpc) is 2.53. The van der Waals surface area contributed by atoms with E-state index in [0.717, 1.165) is 51.4 Å². The van der Waals surface area contributed by atoms with Crippen LogP contribution in [0.25, 0.3) is 0 Å². The van der Waals surface area contributed by atoms with Gasteiger partial charge in [0.25, 0.3) is 0 Å². The van der Waals surface area contributed by atoms with E-state index >= 15 is 0 Å². The second-order valence-corrected chi connectivity index (χ2v) is 8.71. The van der Waals surface area contributed by atoms with E-state index in [2.05, 4.69) is 0 Å². The largest absolute Gasteiger partial charge is 0.633 e. The van der Waals surface area contributed by atoms with Crippen LogP contribution in [0.4, 0.5) is 0 Å². The molecule has 0 aliphatic heterocycles. The maximum Gasteiger partial charge on any atom is 0.633 e. The van der Waals surface area contributed by atoms with Crippen LogP contribution in [0.5, 0.6) is 0 Å². The Bertz CT molecular complexity index is 345. The first-order valence-corrected chi connectivity index (χ1v) is 10.7. The van der Waals surface area contributed by atoms with Gasteiger partial charge in [-0.15, -0.1) is 0 Å². The van der Waals surface area contributed by atoms with Gasteiger partial charge in [0.15, 0.2) is 0 Å². The second kappa shape index (κ2) is 10.2. The van der Waals surface area contributed by atoms with E-state index in [0.29, 0.717) is 6.42 Å². The molecule has 0 spiro atoms. The van der Waals surface area contributed by atoms with E-state index < -0.39 is 14.9 Å². The molecular weight excluding hydrogens is 318 g/mol. The van der Waals surface area contributed by atoms with E-state index in [1.54, 1.807) is 0 Å². The summed E-state index contributed by atoms with van der Waals surface area (Å²) in [6, 6.07) is 0. The Morgan fingerprint density at radius 3 is 1.78 bits per heavy atom. The van der Waals surface area contributed by atoms with Gasteiger partial charge in [-0.25, -0.2) is 0 Å². The molecule has 2 aliphatic carbocycles. The number of hydrogen-bond acceptors (Lipinski definition) is 6. The lowest BCUT2D eigenvalue weighted by Gasteiger charge is -2.31. The first-order chi connectivity index (χ1) is 11.1. The van der Waals surface area contributed by atoms with Crippen LogP contribution in [0.1, 0.15) is 70.6 Å². The molecule has 0 atom stereocenters. The fourth-order valence-corrected chi connectivity index (χ4v) is 5.48. The smallest absolute Gasteiger partial charge is 0.402 e. The van der Waals surface area contributed by atoms with Crippen LogP contribution in [0.2, 0.25) is 0 Å². The van der Waals surface area contributed by atoms with E-state index in [1.165, 1.54) is 12.8 Å². The van der Waals surface area contributed by atoms with Crippen molar-refractivity contribution in [3.05, 3.63) is 0 Å². The van der Waals surface area contributed by atoms with Gasteiger partial charge in [-0.3, -0.25) is 4.57 Å². The molecular formula is C15H30BO6P. The lowest BCUT2D eigenvalue weighted by atomic mass is 9.98. The van der Waals surface area contributed by atoms with E-state index in [4.69, 9.17) is 23.7 Å². The SMILES string of the molecule is O=P(CCCOB(O)O)(OC1CCCCC1)OC1CCCCC1. The zero-order chi connectivity index (χ0) is 16.5. The predicted octanol–water partition coefficient (Wildman–Crippen LogP) is 3.25. The van der Waals surface area contributed by atoms with Gasteiger partial charge >= 0.3 is 14.9 Å². The van der Waals surface area contributed by atoms with Crippen molar-refractivity contribution in [1.82, 2.24) is 0 Å². The highest BCUT2D eigenvalue weighted by Gasteiger charge is 2.33. The summed E-state index contributed by atoms with van der Waals surface area (Å²) in [6.07, 6.45) is 11.5. The molecule has 2 N–H and O–H groups in total. The zero-order valence-corrected chi connectivity index (χ0v) is 14.8. The van der Waals surface area contributed by atoms with Crippen LogP contribution in [0.3, 0.4) is 0 Å². The van der Waals surface area contributed by atoms with Crippen LogP contribution in [-0.4, -0.2) is 42.3 Å². The van der Waals surface area contributed by atoms with E-state index in [1.807, 2.05) is 0 Å². The summed E-state index contributed by atoms with van der Waals surface area (Å²) in [5.74, 6) is 0. The minimum atomic E-state index is -3.16. The second-order valence-electron chi connectivity index (χ2n) is 6.62. The normalized spacial score (nSPS) is 21.5. The van der Waals surface area contributed by atoms with Gasteiger partial charge in [0.2, 0.25) is 0 Å². The Kier molecular flexibility index (Phi) is 8.59. The molecule has 2 saturated carbocycles. The minimum Gasteiger partial charge on any atom is -0.402 e. The molecule has 134 valence electrons. The lowest BCUT2D eigenvalue weighted by Crippen LogP contribution is -2.22. The monoisotopic (exact) mass is 348 g/mol. The Hall–Kier alpha value is 0.0949. The summed E-state index contributed by atoms with van der Waals surface area (Å²) >= 11 is 0. The van der Waals surface area contributed by atoms with Crippen LogP contribution in [0.15, 0.2) is 0 Å². The van der Waals surface area contributed by atoms with Gasteiger partial charge in [0, 0.05) is 6.61 Å². The van der Waals surface area contributed by atoms with Gasteiger partial charge in [-0.1, -0.05) is 38.5 Å². The highest BCUT2D eigenvalue weighted by molar-refractivity contribution is 7.53. The quantitative estimate of drug-likeness (QED) is 0.378. The molecule has 2 rings (SSSR count). The highest BCUT2D eigenvalue weighted by Crippen LogP contribution is 2.53. The molecule has 2 fully saturated rings. The summed E-state index contributed by atoms with van der Waals surface area (Å²) in [5.41, 5.74) is 0. The maximum atomic E-state index is 13.2. The average molecular weight is 348 g/mol. The van der Waals surface area contributed by atoms with Crippen molar-refractivity contribution in [3.8, 4) is 0 Å². The molecule has 0 saturated heterocycles. The molecule has 2 aliphatic rings. The van der Waals surface area contributed by atoms with Crippen molar-refractivity contribution in [2.45, 2.75) is 82.8 Å².